The molecule has 4 heterocycles. The van der Waals surface area contributed by atoms with E-state index in [0.29, 0.717) is 36.1 Å². The van der Waals surface area contributed by atoms with Gasteiger partial charge in [-0.25, -0.2) is 9.78 Å². The van der Waals surface area contributed by atoms with E-state index in [-0.39, 0.29) is 37.4 Å². The maximum Gasteiger partial charge on any atom is 0.328 e. The summed E-state index contributed by atoms with van der Waals surface area (Å²) in [5.74, 6) is 0.340. The molecule has 11 nitrogen and oxygen atoms in total. The zero-order valence-electron chi connectivity index (χ0n) is 30.5. The first-order chi connectivity index (χ1) is 24.1. The number of benzene rings is 1. The van der Waals surface area contributed by atoms with Crippen molar-refractivity contribution in [3.63, 3.8) is 0 Å². The second-order valence-corrected chi connectivity index (χ2v) is 15.6. The van der Waals surface area contributed by atoms with Gasteiger partial charge in [0.15, 0.2) is 0 Å². The van der Waals surface area contributed by atoms with Crippen LogP contribution in [0.3, 0.4) is 0 Å². The number of esters is 2. The molecule has 5 atom stereocenters. The maximum absolute atomic E-state index is 14.3. The van der Waals surface area contributed by atoms with Crippen LogP contribution in [0.5, 0.6) is 17.4 Å². The summed E-state index contributed by atoms with van der Waals surface area (Å²) in [4.78, 5) is 49.7. The molecule has 2 bridgehead atoms. The van der Waals surface area contributed by atoms with E-state index in [4.69, 9.17) is 28.7 Å². The molecule has 6 rings (SSSR count). The molecule has 0 radical (unpaired) electrons. The zero-order chi connectivity index (χ0) is 35.4. The number of fused-ring (bicyclic) bond motifs is 5. The van der Waals surface area contributed by atoms with E-state index >= 15 is 0 Å². The first-order valence-electron chi connectivity index (χ1n) is 18.7. The molecule has 1 amide bonds. The van der Waals surface area contributed by atoms with Gasteiger partial charge in [-0.3, -0.25) is 9.59 Å². The lowest BCUT2D eigenvalue weighted by molar-refractivity contribution is -0.157. The number of aromatic nitrogens is 1. The number of likely N-dealkylation sites (tertiary alicyclic amines) is 1. The number of amides is 1. The van der Waals surface area contributed by atoms with Crippen molar-refractivity contribution in [3.05, 3.63) is 23.8 Å². The lowest BCUT2D eigenvalue weighted by atomic mass is 9.77. The highest BCUT2D eigenvalue weighted by molar-refractivity contribution is 5.92. The van der Waals surface area contributed by atoms with Gasteiger partial charge in [0.2, 0.25) is 11.8 Å². The topological polar surface area (TPSA) is 117 Å². The number of para-hydroxylation sites is 1. The number of pyridine rings is 1. The molecular formula is C39H55N3O8. The van der Waals surface area contributed by atoms with Crippen LogP contribution in [0.25, 0.3) is 10.9 Å². The molecule has 3 fully saturated rings. The second kappa shape index (κ2) is 15.7. The molecule has 1 aromatic heterocycles. The zero-order valence-corrected chi connectivity index (χ0v) is 30.5. The van der Waals surface area contributed by atoms with Crippen molar-refractivity contribution in [3.8, 4) is 17.4 Å². The average molecular weight is 694 g/mol. The van der Waals surface area contributed by atoms with Crippen LogP contribution in [0.4, 0.5) is 0 Å². The number of carbonyl (C=O) groups excluding carboxylic acids is 3. The maximum atomic E-state index is 14.3. The second-order valence-electron chi connectivity index (χ2n) is 15.6. The van der Waals surface area contributed by atoms with Crippen LogP contribution in [0.2, 0.25) is 0 Å². The molecule has 2 saturated heterocycles. The van der Waals surface area contributed by atoms with E-state index < -0.39 is 29.4 Å². The number of carbonyl (C=O) groups is 3. The molecule has 4 aliphatic rings. The van der Waals surface area contributed by atoms with E-state index in [1.165, 1.54) is 20.0 Å². The van der Waals surface area contributed by atoms with E-state index in [2.05, 4.69) is 4.90 Å². The summed E-state index contributed by atoms with van der Waals surface area (Å²) in [5.41, 5.74) is 0.995. The summed E-state index contributed by atoms with van der Waals surface area (Å²) in [5, 5.41) is 0.876. The van der Waals surface area contributed by atoms with Gasteiger partial charge >= 0.3 is 11.9 Å². The molecule has 50 heavy (non-hydrogen) atoms. The first-order valence-corrected chi connectivity index (χ1v) is 18.7. The first kappa shape index (κ1) is 36.2. The fourth-order valence-electron chi connectivity index (χ4n) is 7.91. The molecule has 11 heteroatoms. The SMILES string of the molecule is COC(=O)[C@@H]1C[C@@H]2CN1C(=O)[C@H](C(C)(C)C)CC(=O)O[C@@H]1C[C@H]1CCCCCc1c(nc3c(OC)cccc3c1OCCCN1CCCC1)O2. The van der Waals surface area contributed by atoms with Crippen LogP contribution in [-0.2, 0) is 30.3 Å². The molecule has 3 aliphatic heterocycles. The predicted molar refractivity (Wildman–Crippen MR) is 188 cm³/mol. The molecule has 0 spiro atoms. The van der Waals surface area contributed by atoms with Crippen molar-refractivity contribution in [2.45, 2.75) is 110 Å². The van der Waals surface area contributed by atoms with Crippen molar-refractivity contribution in [2.24, 2.45) is 17.3 Å². The fourth-order valence-corrected chi connectivity index (χ4v) is 7.91. The third kappa shape index (κ3) is 8.30. The van der Waals surface area contributed by atoms with Gasteiger partial charge in [0.25, 0.3) is 0 Å². The minimum atomic E-state index is -0.854. The Balaban J connectivity index is 1.36. The van der Waals surface area contributed by atoms with E-state index in [1.807, 2.05) is 39.0 Å². The van der Waals surface area contributed by atoms with Crippen molar-refractivity contribution < 1.29 is 38.1 Å². The van der Waals surface area contributed by atoms with E-state index in [9.17, 15) is 14.4 Å². The van der Waals surface area contributed by atoms with Crippen LogP contribution in [0, 0.1) is 17.3 Å². The average Bonchev–Trinajstić information content (AvgIpc) is 3.42. The third-order valence-electron chi connectivity index (χ3n) is 10.9. The van der Waals surface area contributed by atoms with Crippen molar-refractivity contribution in [1.82, 2.24) is 14.8 Å². The highest BCUT2D eigenvalue weighted by Gasteiger charge is 2.47. The summed E-state index contributed by atoms with van der Waals surface area (Å²) >= 11 is 0. The van der Waals surface area contributed by atoms with Gasteiger partial charge in [-0.2, -0.15) is 0 Å². The number of hydrogen-bond donors (Lipinski definition) is 0. The predicted octanol–water partition coefficient (Wildman–Crippen LogP) is 5.73. The summed E-state index contributed by atoms with van der Waals surface area (Å²) in [6.07, 6.45) is 8.47. The molecule has 2 aromatic rings. The van der Waals surface area contributed by atoms with Crippen LogP contribution < -0.4 is 14.2 Å². The highest BCUT2D eigenvalue weighted by atomic mass is 16.6. The van der Waals surface area contributed by atoms with Crippen molar-refractivity contribution in [1.29, 1.82) is 0 Å². The standard InChI is InChI=1S/C39H55N3O8/c1-39(2,3)29-23-33(43)50-32-21-25(32)13-7-6-8-14-28-35(48-20-12-19-41-17-9-10-18-41)27-15-11-16-31(46-4)34(27)40-36(28)49-26-22-30(38(45)47-5)42(24-26)37(29)44/h11,15-16,25-26,29-30,32H,6-10,12-14,17-24H2,1-5H3/t25-,26-,29-,30+,32-/m1/s1. The number of ether oxygens (including phenoxy) is 5. The van der Waals surface area contributed by atoms with E-state index in [1.54, 1.807) is 12.0 Å². The molecule has 1 saturated carbocycles. The molecular weight excluding hydrogens is 638 g/mol. The minimum absolute atomic E-state index is 0.0455. The van der Waals surface area contributed by atoms with Crippen LogP contribution >= 0.6 is 0 Å². The molecule has 0 unspecified atom stereocenters. The summed E-state index contributed by atoms with van der Waals surface area (Å²) in [6.45, 7) is 9.83. The lowest BCUT2D eigenvalue weighted by Crippen LogP contribution is -2.47. The Hall–Kier alpha value is -3.60. The normalized spacial score (nSPS) is 26.7. The molecule has 1 aliphatic carbocycles. The number of nitrogens with zero attached hydrogens (tertiary/aromatic N) is 3. The van der Waals surface area contributed by atoms with Gasteiger partial charge in [-0.05, 0) is 81.5 Å². The Morgan fingerprint density at radius 2 is 1.82 bits per heavy atom. The van der Waals surface area contributed by atoms with Gasteiger partial charge in [-0.1, -0.05) is 39.7 Å². The molecule has 0 N–H and O–H groups in total. The number of rotatable bonds is 7. The fraction of sp³-hybridized carbons (Fsp3) is 0.692. The van der Waals surface area contributed by atoms with Crippen LogP contribution in [0.1, 0.15) is 90.5 Å². The lowest BCUT2D eigenvalue weighted by Gasteiger charge is -2.34. The smallest absolute Gasteiger partial charge is 0.328 e. The monoisotopic (exact) mass is 693 g/mol. The van der Waals surface area contributed by atoms with Gasteiger partial charge in [0.1, 0.15) is 35.3 Å². The van der Waals surface area contributed by atoms with Crippen molar-refractivity contribution >= 4 is 28.7 Å². The Labute approximate surface area is 296 Å². The van der Waals surface area contributed by atoms with Crippen LogP contribution in [0.15, 0.2) is 18.2 Å². The Morgan fingerprint density at radius 1 is 1.02 bits per heavy atom. The number of methoxy groups -OCH3 is 2. The van der Waals surface area contributed by atoms with Gasteiger partial charge in [0.05, 0.1) is 45.3 Å². The molecule has 1 aromatic carbocycles. The van der Waals surface area contributed by atoms with Crippen molar-refractivity contribution in [2.75, 3.05) is 47.0 Å². The molecule has 274 valence electrons. The Bertz CT molecular complexity index is 1530. The Morgan fingerprint density at radius 3 is 2.56 bits per heavy atom. The summed E-state index contributed by atoms with van der Waals surface area (Å²) in [7, 11) is 2.96. The minimum Gasteiger partial charge on any atom is -0.494 e. The van der Waals surface area contributed by atoms with E-state index in [0.717, 1.165) is 74.9 Å². The van der Waals surface area contributed by atoms with Crippen LogP contribution in [-0.4, -0.2) is 97.9 Å². The highest BCUT2D eigenvalue weighted by Crippen LogP contribution is 2.43. The van der Waals surface area contributed by atoms with Gasteiger partial charge < -0.3 is 33.5 Å². The summed E-state index contributed by atoms with van der Waals surface area (Å²) in [6, 6.07) is 5.01. The third-order valence-corrected chi connectivity index (χ3v) is 10.9. The number of hydrogen-bond acceptors (Lipinski definition) is 10. The quantitative estimate of drug-likeness (QED) is 0.263. The van der Waals surface area contributed by atoms with Gasteiger partial charge in [-0.15, -0.1) is 0 Å². The van der Waals surface area contributed by atoms with Gasteiger partial charge in [0, 0.05) is 18.4 Å². The Kier molecular flexibility index (Phi) is 11.4. The summed E-state index contributed by atoms with van der Waals surface area (Å²) < 4.78 is 30.2. The largest absolute Gasteiger partial charge is 0.494 e.